The molecule has 0 aliphatic rings. The molecule has 504 valence electrons. The summed E-state index contributed by atoms with van der Waals surface area (Å²) in [4.78, 5) is 121. The van der Waals surface area contributed by atoms with Crippen LogP contribution in [-0.4, -0.2) is 141 Å². The van der Waals surface area contributed by atoms with Gasteiger partial charge in [-0.25, -0.2) is 14.4 Å². The number of hydrogen-bond acceptors (Lipinski definition) is 14. The molecule has 4 atom stereocenters. The number of hydrogen-bond donors (Lipinski definition) is 6. The third-order valence-corrected chi connectivity index (χ3v) is 19.3. The Morgan fingerprint density at radius 3 is 1.51 bits per heavy atom. The predicted molar refractivity (Wildman–Crippen MR) is 354 cm³/mol. The summed E-state index contributed by atoms with van der Waals surface area (Å²) in [5.74, 6) is -4.38. The van der Waals surface area contributed by atoms with Crippen LogP contribution < -0.4 is 40.2 Å². The summed E-state index contributed by atoms with van der Waals surface area (Å²) in [5, 5.41) is 16.4. The second-order valence-electron chi connectivity index (χ2n) is 27.3. The molecule has 0 fully saturated rings. The van der Waals surface area contributed by atoms with E-state index in [0.717, 1.165) is 24.8 Å². The fourth-order valence-electron chi connectivity index (χ4n) is 9.69. The molecule has 0 spiro atoms. The summed E-state index contributed by atoms with van der Waals surface area (Å²) in [7, 11) is 0. The van der Waals surface area contributed by atoms with Crippen LogP contribution in [0.1, 0.15) is 215 Å². The van der Waals surface area contributed by atoms with Crippen molar-refractivity contribution in [1.82, 2.24) is 31.9 Å². The number of unbranched alkanes of at least 4 members (excludes halogenated alkanes) is 4. The van der Waals surface area contributed by atoms with Gasteiger partial charge in [-0.2, -0.15) is 0 Å². The first-order valence-corrected chi connectivity index (χ1v) is 35.2. The number of nitrogens with one attached hydrogen (secondary N) is 6. The number of amides is 6. The van der Waals surface area contributed by atoms with E-state index < -0.39 is 122 Å². The van der Waals surface area contributed by atoms with Gasteiger partial charge in [-0.1, -0.05) is 30.3 Å². The zero-order chi connectivity index (χ0) is 68.0. The zero-order valence-electron chi connectivity index (χ0n) is 57.0. The van der Waals surface area contributed by atoms with Crippen LogP contribution >= 0.6 is 0 Å². The molecular formula is C70H106N6O14Sn. The van der Waals surface area contributed by atoms with Crippen LogP contribution in [0.3, 0.4) is 0 Å². The summed E-state index contributed by atoms with van der Waals surface area (Å²) < 4.78 is 29.7. The molecule has 0 aliphatic heterocycles. The van der Waals surface area contributed by atoms with E-state index in [9.17, 15) is 43.2 Å². The zero-order valence-corrected chi connectivity index (χ0v) is 59.8. The Morgan fingerprint density at radius 1 is 0.484 bits per heavy atom. The molecule has 3 aromatic rings. The molecule has 0 unspecified atom stereocenters. The molecule has 91 heavy (non-hydrogen) atoms. The molecular weight excluding hydrogens is 1270 g/mol. The van der Waals surface area contributed by atoms with E-state index in [1.807, 2.05) is 42.5 Å². The fraction of sp³-hybridized carbons (Fsp3) is 0.614. The second kappa shape index (κ2) is 38.3. The number of carbonyl (C=O) groups is 9. The van der Waals surface area contributed by atoms with Crippen LogP contribution in [0.15, 0.2) is 78.9 Å². The summed E-state index contributed by atoms with van der Waals surface area (Å²) in [6.45, 7) is 26.5. The molecule has 0 bridgehead atoms. The van der Waals surface area contributed by atoms with Gasteiger partial charge in [0.25, 0.3) is 5.91 Å². The van der Waals surface area contributed by atoms with Crippen LogP contribution in [-0.2, 0) is 65.4 Å². The maximum absolute atomic E-state index is 13.8. The Bertz CT molecular complexity index is 2780. The quantitative estimate of drug-likeness (QED) is 0.0136. The SMILES string of the molecule is CCCC[C](CCCC)(CCCC)[Sn][c]1cccc(C(=O)NCC(=O)N[C@@H](Cc2ccc(OCC(=O)N[C@@H](Cc3ccccc3)C(=O)NCCCC[C@H](NC(=O)N[C@@H](CCC(=O)OC(C)(C)C)C(=O)OC(C)(C)C)C(=O)OC(C)(C)C)cc2)C(=O)OC(C)(C)C)c1. The van der Waals surface area contributed by atoms with E-state index >= 15 is 0 Å². The van der Waals surface area contributed by atoms with Gasteiger partial charge in [-0.3, -0.25) is 14.4 Å². The maximum atomic E-state index is 13.8. The minimum atomic E-state index is -1.26. The average Bonchev–Trinajstić information content (AvgIpc) is 1.60. The van der Waals surface area contributed by atoms with Crippen molar-refractivity contribution in [2.45, 2.75) is 257 Å². The topological polar surface area (TPSA) is 272 Å². The first-order valence-electron chi connectivity index (χ1n) is 32.4. The molecule has 3 rings (SSSR count). The molecule has 0 saturated heterocycles. The van der Waals surface area contributed by atoms with Gasteiger partial charge in [-0.05, 0) is 126 Å². The molecule has 0 aliphatic carbocycles. The van der Waals surface area contributed by atoms with Crippen LogP contribution in [0, 0.1) is 0 Å². The minimum absolute atomic E-state index is 0.0469. The fourth-order valence-corrected chi connectivity index (χ4v) is 15.2. The van der Waals surface area contributed by atoms with Crippen LogP contribution in [0.4, 0.5) is 4.79 Å². The van der Waals surface area contributed by atoms with E-state index in [0.29, 0.717) is 33.1 Å². The van der Waals surface area contributed by atoms with Crippen LogP contribution in [0.25, 0.3) is 0 Å². The number of urea groups is 1. The molecule has 6 amide bonds. The van der Waals surface area contributed by atoms with Crippen molar-refractivity contribution < 1.29 is 66.8 Å². The summed E-state index contributed by atoms with van der Waals surface area (Å²) in [6.07, 6.45) is 11.4. The number of ether oxygens (including phenoxy) is 5. The van der Waals surface area contributed by atoms with E-state index in [2.05, 4.69) is 58.7 Å². The molecule has 21 heteroatoms. The number of rotatable bonds is 37. The van der Waals surface area contributed by atoms with Crippen molar-refractivity contribution in [1.29, 1.82) is 0 Å². The Labute approximate surface area is 551 Å². The molecule has 0 saturated carbocycles. The third-order valence-electron chi connectivity index (χ3n) is 13.9. The van der Waals surface area contributed by atoms with E-state index in [1.54, 1.807) is 113 Å². The van der Waals surface area contributed by atoms with Gasteiger partial charge in [0.2, 0.25) is 5.91 Å². The number of esters is 4. The van der Waals surface area contributed by atoms with Gasteiger partial charge < -0.3 is 40.2 Å². The molecule has 6 N–H and O–H groups in total. The monoisotopic (exact) mass is 1370 g/mol. The second-order valence-corrected chi connectivity index (χ2v) is 32.7. The van der Waals surface area contributed by atoms with Gasteiger partial charge in [0.15, 0.2) is 6.61 Å². The van der Waals surface area contributed by atoms with E-state index in [-0.39, 0.29) is 51.1 Å². The molecule has 2 radical (unpaired) electrons. The normalized spacial score (nSPS) is 13.2. The van der Waals surface area contributed by atoms with Crippen molar-refractivity contribution in [3.63, 3.8) is 0 Å². The van der Waals surface area contributed by atoms with Gasteiger partial charge in [0.1, 0.15) is 40.7 Å². The van der Waals surface area contributed by atoms with Gasteiger partial charge in [-0.15, -0.1) is 0 Å². The number of benzene rings is 3. The van der Waals surface area contributed by atoms with Gasteiger partial charge in [0, 0.05) is 19.4 Å². The predicted octanol–water partition coefficient (Wildman–Crippen LogP) is 9.78. The Hall–Kier alpha value is -6.71. The van der Waals surface area contributed by atoms with Crippen LogP contribution in [0.5, 0.6) is 5.75 Å². The van der Waals surface area contributed by atoms with E-state index in [4.69, 9.17) is 23.7 Å². The molecule has 20 nitrogen and oxygen atoms in total. The first kappa shape index (κ1) is 78.5. The standard InChI is InChI=1S/C57H79N6O14.C13H27.Sn/c1-54(2,3)74-47(66)31-30-42(51(70)76-56(7,8)9)63-53(72)62-41(50(69)75-55(4,5)6)25-19-20-32-58-49(68)43(33-37-21-15-13-16-22-37)60-46(65)36-73-40-28-26-38(27-29-40)34-44(52(71)77-57(10,11)12)61-45(64)35-59-48(67)39-23-17-14-18-24-39;1-4-7-10-13(11-8-5-2)12-9-6-3;/h13-17,21-24,26-29,41-44H,19-20,25,30-36H2,1-12H3,(H,58,68)(H,59,67)(H,60,65)(H,61,64)(H2,62,63,72);4-12H2,1-3H3;/t41-,42-,43-,44-;;/m0../s1. The first-order chi connectivity index (χ1) is 42.6. The third kappa shape index (κ3) is 33.4. The average molecular weight is 1370 g/mol. The van der Waals surface area contributed by atoms with Crippen LogP contribution in [0.2, 0.25) is 3.43 Å². The Kier molecular flexibility index (Phi) is 33.1. The summed E-state index contributed by atoms with van der Waals surface area (Å²) >= 11 is -1.11. The Morgan fingerprint density at radius 2 is 0.978 bits per heavy atom. The molecule has 0 heterocycles. The molecule has 3 aromatic carbocycles. The van der Waals surface area contributed by atoms with Crippen molar-refractivity contribution in [2.24, 2.45) is 0 Å². The van der Waals surface area contributed by atoms with Crippen molar-refractivity contribution in [3.8, 4) is 5.75 Å². The van der Waals surface area contributed by atoms with Gasteiger partial charge >= 0.3 is 250 Å². The van der Waals surface area contributed by atoms with Crippen molar-refractivity contribution >= 4 is 78.3 Å². The van der Waals surface area contributed by atoms with Crippen molar-refractivity contribution in [2.75, 3.05) is 19.7 Å². The Balaban J connectivity index is 1.65. The van der Waals surface area contributed by atoms with Crippen molar-refractivity contribution in [3.05, 3.63) is 95.6 Å². The van der Waals surface area contributed by atoms with Gasteiger partial charge in [0.05, 0.1) is 0 Å². The number of carbonyl (C=O) groups excluding carboxylic acids is 9. The summed E-state index contributed by atoms with van der Waals surface area (Å²) in [5.41, 5.74) is -1.49. The van der Waals surface area contributed by atoms with E-state index in [1.165, 1.54) is 42.1 Å². The molecule has 0 aromatic heterocycles. The summed E-state index contributed by atoms with van der Waals surface area (Å²) in [6, 6.07) is 18.3.